The molecular weight excluding hydrogens is 164 g/mol. The van der Waals surface area contributed by atoms with Crippen molar-refractivity contribution in [1.29, 1.82) is 5.41 Å². The van der Waals surface area contributed by atoms with Gasteiger partial charge in [-0.25, -0.2) is 0 Å². The van der Waals surface area contributed by atoms with Crippen LogP contribution >= 0.6 is 11.6 Å². The summed E-state index contributed by atoms with van der Waals surface area (Å²) in [6, 6.07) is 0. The van der Waals surface area contributed by atoms with Crippen LogP contribution in [-0.4, -0.2) is 11.5 Å². The van der Waals surface area contributed by atoms with Crippen LogP contribution in [-0.2, 0) is 4.79 Å². The van der Waals surface area contributed by atoms with Gasteiger partial charge in [-0.2, -0.15) is 0 Å². The van der Waals surface area contributed by atoms with Crippen LogP contribution in [0.3, 0.4) is 0 Å². The van der Waals surface area contributed by atoms with Crippen molar-refractivity contribution in [2.45, 2.75) is 6.92 Å². The lowest BCUT2D eigenvalue weighted by molar-refractivity contribution is -0.109. The van der Waals surface area contributed by atoms with Crippen molar-refractivity contribution < 1.29 is 4.79 Å². The minimum atomic E-state index is -0.355. The second-order valence-electron chi connectivity index (χ2n) is 2.29. The molecule has 1 rings (SSSR count). The molecule has 0 saturated heterocycles. The van der Waals surface area contributed by atoms with Gasteiger partial charge in [0.15, 0.2) is 0 Å². The molecule has 58 valence electrons. The summed E-state index contributed by atoms with van der Waals surface area (Å²) in [7, 11) is 0. The van der Waals surface area contributed by atoms with Crippen LogP contribution < -0.4 is 5.73 Å². The van der Waals surface area contributed by atoms with Crippen LogP contribution in [0.5, 0.6) is 0 Å². The van der Waals surface area contributed by atoms with Gasteiger partial charge in [-0.3, -0.25) is 10.2 Å². The number of ketones is 1. The Bertz CT molecular complexity index is 298. The quantitative estimate of drug-likeness (QED) is 0.532. The highest BCUT2D eigenvalue weighted by Gasteiger charge is 2.20. The third kappa shape index (κ3) is 1.19. The van der Waals surface area contributed by atoms with Gasteiger partial charge >= 0.3 is 0 Å². The normalized spacial score (nSPS) is 18.9. The van der Waals surface area contributed by atoms with Crippen molar-refractivity contribution in [2.24, 2.45) is 5.73 Å². The smallest absolute Gasteiger partial charge is 0.208 e. The number of nitrogens with one attached hydrogen (secondary N) is 1. The van der Waals surface area contributed by atoms with E-state index in [0.717, 1.165) is 0 Å². The number of hydrogen-bond donors (Lipinski definition) is 2. The number of carbonyl (C=O) groups excluding carboxylic acids is 1. The standard InChI is InChI=1S/C7H7ClN2O/c1-3-2-4(8)5(9)6(10)7(3)11/h2,10H,9H2,1H3. The molecule has 3 N–H and O–H groups in total. The van der Waals surface area contributed by atoms with E-state index in [1.165, 1.54) is 6.08 Å². The molecule has 0 atom stereocenters. The molecule has 0 aromatic heterocycles. The first-order chi connectivity index (χ1) is 5.04. The van der Waals surface area contributed by atoms with E-state index in [9.17, 15) is 4.79 Å². The summed E-state index contributed by atoms with van der Waals surface area (Å²) >= 11 is 5.61. The van der Waals surface area contributed by atoms with E-state index in [1.807, 2.05) is 0 Å². The molecule has 0 heterocycles. The lowest BCUT2D eigenvalue weighted by Crippen LogP contribution is -2.25. The Morgan fingerprint density at radius 2 is 2.18 bits per heavy atom. The fourth-order valence-corrected chi connectivity index (χ4v) is 1.03. The lowest BCUT2D eigenvalue weighted by Gasteiger charge is -2.10. The lowest BCUT2D eigenvalue weighted by atomic mass is 10.0. The first-order valence-electron chi connectivity index (χ1n) is 3.01. The summed E-state index contributed by atoms with van der Waals surface area (Å²) in [5.41, 5.74) is 5.63. The van der Waals surface area contributed by atoms with E-state index in [-0.39, 0.29) is 22.2 Å². The van der Waals surface area contributed by atoms with Crippen molar-refractivity contribution in [3.63, 3.8) is 0 Å². The number of Topliss-reactive ketones (excluding diaryl/α,β-unsaturated/α-hetero) is 1. The fraction of sp³-hybridized carbons (Fsp3) is 0.143. The third-order valence-corrected chi connectivity index (χ3v) is 1.77. The molecular formula is C7H7ClN2O. The van der Waals surface area contributed by atoms with Crippen molar-refractivity contribution >= 4 is 23.1 Å². The molecule has 0 aliphatic heterocycles. The molecule has 0 unspecified atom stereocenters. The van der Waals surface area contributed by atoms with Crippen molar-refractivity contribution in [1.82, 2.24) is 0 Å². The molecule has 11 heavy (non-hydrogen) atoms. The maximum Gasteiger partial charge on any atom is 0.208 e. The highest BCUT2D eigenvalue weighted by Crippen LogP contribution is 2.17. The van der Waals surface area contributed by atoms with E-state index < -0.39 is 0 Å². The van der Waals surface area contributed by atoms with Crippen LogP contribution in [0.25, 0.3) is 0 Å². The number of hydrogen-bond acceptors (Lipinski definition) is 3. The summed E-state index contributed by atoms with van der Waals surface area (Å²) in [5.74, 6) is -0.355. The summed E-state index contributed by atoms with van der Waals surface area (Å²) < 4.78 is 0. The van der Waals surface area contributed by atoms with Gasteiger partial charge in [0, 0.05) is 5.57 Å². The molecule has 3 nitrogen and oxygen atoms in total. The van der Waals surface area contributed by atoms with E-state index in [1.54, 1.807) is 6.92 Å². The van der Waals surface area contributed by atoms with Gasteiger partial charge in [0.1, 0.15) is 5.71 Å². The van der Waals surface area contributed by atoms with Gasteiger partial charge in [-0.1, -0.05) is 11.6 Å². The van der Waals surface area contributed by atoms with E-state index in [2.05, 4.69) is 0 Å². The Hall–Kier alpha value is -1.09. The minimum absolute atomic E-state index is 0.0577. The summed E-state index contributed by atoms with van der Waals surface area (Å²) in [5, 5.41) is 7.47. The molecule has 4 heteroatoms. The van der Waals surface area contributed by atoms with Gasteiger partial charge in [-0.15, -0.1) is 0 Å². The first-order valence-corrected chi connectivity index (χ1v) is 3.39. The number of halogens is 1. The Balaban J connectivity index is 3.22. The van der Waals surface area contributed by atoms with Crippen molar-refractivity contribution in [3.8, 4) is 0 Å². The highest BCUT2D eigenvalue weighted by atomic mass is 35.5. The number of rotatable bonds is 0. The van der Waals surface area contributed by atoms with Crippen LogP contribution in [0.2, 0.25) is 0 Å². The molecule has 0 bridgehead atoms. The van der Waals surface area contributed by atoms with Crippen LogP contribution in [0, 0.1) is 5.41 Å². The zero-order chi connectivity index (χ0) is 8.59. The van der Waals surface area contributed by atoms with Crippen LogP contribution in [0.4, 0.5) is 0 Å². The molecule has 1 aliphatic carbocycles. The van der Waals surface area contributed by atoms with Crippen LogP contribution in [0.15, 0.2) is 22.4 Å². The summed E-state index contributed by atoms with van der Waals surface area (Å²) in [6.45, 7) is 1.60. The molecule has 0 aromatic rings. The first kappa shape index (κ1) is 8.01. The third-order valence-electron chi connectivity index (χ3n) is 1.46. The van der Waals surface area contributed by atoms with Gasteiger partial charge in [0.25, 0.3) is 0 Å². The fourth-order valence-electron chi connectivity index (χ4n) is 0.772. The van der Waals surface area contributed by atoms with Gasteiger partial charge in [0.05, 0.1) is 10.7 Å². The maximum atomic E-state index is 11.0. The van der Waals surface area contributed by atoms with Gasteiger partial charge in [0.2, 0.25) is 5.78 Å². The van der Waals surface area contributed by atoms with E-state index >= 15 is 0 Å². The summed E-state index contributed by atoms with van der Waals surface area (Å²) in [4.78, 5) is 11.0. The largest absolute Gasteiger partial charge is 0.396 e. The second kappa shape index (κ2) is 2.51. The molecule has 0 amide bonds. The van der Waals surface area contributed by atoms with E-state index in [4.69, 9.17) is 22.7 Å². The predicted molar refractivity (Wildman–Crippen MR) is 43.6 cm³/mol. The monoisotopic (exact) mass is 170 g/mol. The highest BCUT2D eigenvalue weighted by molar-refractivity contribution is 6.53. The van der Waals surface area contributed by atoms with Crippen molar-refractivity contribution in [3.05, 3.63) is 22.4 Å². The Kier molecular flexibility index (Phi) is 1.83. The SMILES string of the molecule is CC1=CC(Cl)=C(N)C(=N)C1=O. The average Bonchev–Trinajstić information content (AvgIpc) is 1.97. The molecule has 0 aromatic carbocycles. The van der Waals surface area contributed by atoms with Gasteiger partial charge in [-0.05, 0) is 13.0 Å². The maximum absolute atomic E-state index is 11.0. The minimum Gasteiger partial charge on any atom is -0.396 e. The topological polar surface area (TPSA) is 66.9 Å². The zero-order valence-corrected chi connectivity index (χ0v) is 6.70. The Morgan fingerprint density at radius 1 is 1.64 bits per heavy atom. The zero-order valence-electron chi connectivity index (χ0n) is 5.94. The average molecular weight is 171 g/mol. The number of allylic oxidation sites excluding steroid dienone is 4. The Morgan fingerprint density at radius 3 is 2.73 bits per heavy atom. The molecule has 0 fully saturated rings. The van der Waals surface area contributed by atoms with Gasteiger partial charge < -0.3 is 5.73 Å². The van der Waals surface area contributed by atoms with E-state index in [0.29, 0.717) is 5.57 Å². The molecule has 1 aliphatic rings. The predicted octanol–water partition coefficient (Wildman–Crippen LogP) is 0.944. The number of nitrogens with two attached hydrogens (primary N) is 1. The van der Waals surface area contributed by atoms with Crippen molar-refractivity contribution in [2.75, 3.05) is 0 Å². The second-order valence-corrected chi connectivity index (χ2v) is 2.70. The molecule has 0 saturated carbocycles. The summed E-state index contributed by atoms with van der Waals surface area (Å²) in [6.07, 6.45) is 1.47. The van der Waals surface area contributed by atoms with Crippen LogP contribution in [0.1, 0.15) is 6.92 Å². The molecule has 0 radical (unpaired) electrons. The Labute approximate surface area is 69.0 Å². The number of carbonyl (C=O) groups is 1. The molecule has 0 spiro atoms.